The summed E-state index contributed by atoms with van der Waals surface area (Å²) >= 11 is 0. The number of rotatable bonds is 2. The van der Waals surface area contributed by atoms with Crippen LogP contribution in [-0.2, 0) is 0 Å². The van der Waals surface area contributed by atoms with Crippen molar-refractivity contribution in [2.24, 2.45) is 0 Å². The molecule has 0 unspecified atom stereocenters. The number of aromatic nitrogens is 2. The Labute approximate surface area is 148 Å². The van der Waals surface area contributed by atoms with Crippen molar-refractivity contribution in [2.45, 2.75) is 27.7 Å². The lowest BCUT2D eigenvalue weighted by molar-refractivity contribution is 1.06. The molecule has 0 aliphatic carbocycles. The van der Waals surface area contributed by atoms with Crippen molar-refractivity contribution in [1.82, 2.24) is 9.55 Å². The van der Waals surface area contributed by atoms with Gasteiger partial charge in [0.15, 0.2) is 0 Å². The maximum Gasteiger partial charge on any atom is 0.145 e. The first kappa shape index (κ1) is 15.6. The van der Waals surface area contributed by atoms with E-state index in [0.717, 1.165) is 22.4 Å². The van der Waals surface area contributed by atoms with Crippen molar-refractivity contribution in [3.63, 3.8) is 0 Å². The van der Waals surface area contributed by atoms with E-state index in [1.165, 1.54) is 27.9 Å². The summed E-state index contributed by atoms with van der Waals surface area (Å²) in [7, 11) is 0. The summed E-state index contributed by atoms with van der Waals surface area (Å²) in [5.74, 6) is 0.997. The van der Waals surface area contributed by atoms with Gasteiger partial charge in [-0.2, -0.15) is 0 Å². The lowest BCUT2D eigenvalue weighted by Crippen LogP contribution is -2.03. The number of hydrogen-bond donors (Lipinski definition) is 0. The fraction of sp³-hybridized carbons (Fsp3) is 0.174. The average Bonchev–Trinajstić information content (AvgIpc) is 2.93. The third-order valence-corrected chi connectivity index (χ3v) is 4.70. The van der Waals surface area contributed by atoms with Gasteiger partial charge in [0.2, 0.25) is 0 Å². The van der Waals surface area contributed by atoms with E-state index in [0.29, 0.717) is 0 Å². The van der Waals surface area contributed by atoms with Crippen molar-refractivity contribution in [3.05, 3.63) is 82.9 Å². The van der Waals surface area contributed by atoms with Crippen molar-refractivity contribution in [2.75, 3.05) is 0 Å². The van der Waals surface area contributed by atoms with E-state index in [4.69, 9.17) is 4.98 Å². The van der Waals surface area contributed by atoms with Gasteiger partial charge in [0.05, 0.1) is 16.7 Å². The van der Waals surface area contributed by atoms with E-state index in [1.807, 2.05) is 6.07 Å². The third-order valence-electron chi connectivity index (χ3n) is 4.70. The first-order valence-corrected chi connectivity index (χ1v) is 8.67. The second-order valence-corrected chi connectivity index (χ2v) is 6.88. The molecule has 0 saturated carbocycles. The fourth-order valence-electron chi connectivity index (χ4n) is 3.72. The molecule has 0 fully saturated rings. The standard InChI is InChI=1S/C23H22N2/c1-15-10-11-21-20(14-15)24-23(19-8-6-5-7-9-19)25(21)22-17(3)12-16(2)13-18(22)4/h5-14H,1-4H3. The number of benzene rings is 3. The molecule has 0 aliphatic rings. The summed E-state index contributed by atoms with van der Waals surface area (Å²) in [6.45, 7) is 8.63. The molecule has 0 radical (unpaired) electrons. The predicted octanol–water partition coefficient (Wildman–Crippen LogP) is 5.93. The van der Waals surface area contributed by atoms with Crippen molar-refractivity contribution in [3.8, 4) is 17.1 Å². The van der Waals surface area contributed by atoms with Crippen LogP contribution in [0.3, 0.4) is 0 Å². The highest BCUT2D eigenvalue weighted by Gasteiger charge is 2.17. The number of imidazole rings is 1. The molecule has 0 amide bonds. The molecule has 124 valence electrons. The second-order valence-electron chi connectivity index (χ2n) is 6.88. The largest absolute Gasteiger partial charge is 0.292 e. The zero-order valence-corrected chi connectivity index (χ0v) is 15.2. The van der Waals surface area contributed by atoms with Gasteiger partial charge >= 0.3 is 0 Å². The molecule has 1 heterocycles. The first-order chi connectivity index (χ1) is 12.0. The van der Waals surface area contributed by atoms with Gasteiger partial charge in [-0.15, -0.1) is 0 Å². The first-order valence-electron chi connectivity index (χ1n) is 8.67. The van der Waals surface area contributed by atoms with E-state index < -0.39 is 0 Å². The van der Waals surface area contributed by atoms with E-state index >= 15 is 0 Å². The zero-order valence-electron chi connectivity index (χ0n) is 15.2. The van der Waals surface area contributed by atoms with Gasteiger partial charge in [0.25, 0.3) is 0 Å². The minimum atomic E-state index is 0.997. The molecule has 0 saturated heterocycles. The molecule has 0 aliphatic heterocycles. The molecule has 0 atom stereocenters. The monoisotopic (exact) mass is 326 g/mol. The molecule has 0 spiro atoms. The van der Waals surface area contributed by atoms with Crippen LogP contribution in [0.4, 0.5) is 0 Å². The quantitative estimate of drug-likeness (QED) is 0.446. The van der Waals surface area contributed by atoms with E-state index in [2.05, 4.69) is 86.9 Å². The van der Waals surface area contributed by atoms with Crippen molar-refractivity contribution >= 4 is 11.0 Å². The maximum absolute atomic E-state index is 4.99. The van der Waals surface area contributed by atoms with Crippen LogP contribution < -0.4 is 0 Å². The Balaban J connectivity index is 2.12. The Morgan fingerprint density at radius 1 is 0.720 bits per heavy atom. The molecule has 4 rings (SSSR count). The topological polar surface area (TPSA) is 17.8 Å². The molecule has 1 aromatic heterocycles. The lowest BCUT2D eigenvalue weighted by atomic mass is 10.0. The summed E-state index contributed by atoms with van der Waals surface area (Å²) in [6, 6.07) is 21.4. The van der Waals surface area contributed by atoms with E-state index in [9.17, 15) is 0 Å². The molecule has 0 N–H and O–H groups in total. The Kier molecular flexibility index (Phi) is 3.69. The van der Waals surface area contributed by atoms with Crippen LogP contribution in [0, 0.1) is 27.7 Å². The highest BCUT2D eigenvalue weighted by molar-refractivity contribution is 5.84. The smallest absolute Gasteiger partial charge is 0.145 e. The number of nitrogens with zero attached hydrogens (tertiary/aromatic N) is 2. The van der Waals surface area contributed by atoms with Gasteiger partial charge in [0.1, 0.15) is 5.82 Å². The van der Waals surface area contributed by atoms with Crippen LogP contribution in [-0.4, -0.2) is 9.55 Å². The average molecular weight is 326 g/mol. The molecule has 4 aromatic rings. The molecular weight excluding hydrogens is 304 g/mol. The van der Waals surface area contributed by atoms with Crippen LogP contribution in [0.2, 0.25) is 0 Å². The molecule has 2 heteroatoms. The van der Waals surface area contributed by atoms with Crippen molar-refractivity contribution in [1.29, 1.82) is 0 Å². The highest BCUT2D eigenvalue weighted by atomic mass is 15.1. The Bertz CT molecular complexity index is 1050. The van der Waals surface area contributed by atoms with Gasteiger partial charge < -0.3 is 0 Å². The zero-order chi connectivity index (χ0) is 17.6. The summed E-state index contributed by atoms with van der Waals surface area (Å²) in [5.41, 5.74) is 9.63. The number of aryl methyl sites for hydroxylation is 4. The van der Waals surface area contributed by atoms with Crippen LogP contribution in [0.5, 0.6) is 0 Å². The molecule has 3 aromatic carbocycles. The Morgan fingerprint density at radius 2 is 1.40 bits per heavy atom. The number of fused-ring (bicyclic) bond motifs is 1. The minimum absolute atomic E-state index is 0.997. The maximum atomic E-state index is 4.99. The van der Waals surface area contributed by atoms with E-state index in [1.54, 1.807) is 0 Å². The summed E-state index contributed by atoms with van der Waals surface area (Å²) < 4.78 is 2.31. The van der Waals surface area contributed by atoms with Gasteiger partial charge in [-0.1, -0.05) is 54.1 Å². The molecular formula is C23H22N2. The van der Waals surface area contributed by atoms with Crippen LogP contribution >= 0.6 is 0 Å². The molecule has 25 heavy (non-hydrogen) atoms. The van der Waals surface area contributed by atoms with Gasteiger partial charge in [-0.3, -0.25) is 4.57 Å². The minimum Gasteiger partial charge on any atom is -0.292 e. The molecule has 2 nitrogen and oxygen atoms in total. The van der Waals surface area contributed by atoms with Gasteiger partial charge in [-0.25, -0.2) is 4.98 Å². The van der Waals surface area contributed by atoms with Crippen LogP contribution in [0.15, 0.2) is 60.7 Å². The van der Waals surface area contributed by atoms with E-state index in [-0.39, 0.29) is 0 Å². The Morgan fingerprint density at radius 3 is 2.08 bits per heavy atom. The number of hydrogen-bond acceptors (Lipinski definition) is 1. The van der Waals surface area contributed by atoms with Gasteiger partial charge in [0, 0.05) is 5.56 Å². The normalized spacial score (nSPS) is 11.2. The lowest BCUT2D eigenvalue weighted by Gasteiger charge is -2.16. The summed E-state index contributed by atoms with van der Waals surface area (Å²) in [5, 5.41) is 0. The van der Waals surface area contributed by atoms with Gasteiger partial charge in [-0.05, 0) is 56.5 Å². The highest BCUT2D eigenvalue weighted by Crippen LogP contribution is 2.32. The molecule has 0 bridgehead atoms. The Hall–Kier alpha value is -2.87. The summed E-state index contributed by atoms with van der Waals surface area (Å²) in [6.07, 6.45) is 0. The van der Waals surface area contributed by atoms with Crippen molar-refractivity contribution < 1.29 is 0 Å². The van der Waals surface area contributed by atoms with Crippen LogP contribution in [0.25, 0.3) is 28.1 Å². The SMILES string of the molecule is Cc1cc(C)c(-n2c(-c3ccccc3)nc3cc(C)ccc32)c(C)c1. The predicted molar refractivity (Wildman–Crippen MR) is 105 cm³/mol. The van der Waals surface area contributed by atoms with Crippen LogP contribution in [0.1, 0.15) is 22.3 Å². The third kappa shape index (κ3) is 2.64. The second kappa shape index (κ2) is 5.89. The fourth-order valence-corrected chi connectivity index (χ4v) is 3.72. The summed E-state index contributed by atoms with van der Waals surface area (Å²) in [4.78, 5) is 4.99.